The average molecular weight is 413 g/mol. The summed E-state index contributed by atoms with van der Waals surface area (Å²) in [6.07, 6.45) is 0. The van der Waals surface area contributed by atoms with Crippen molar-refractivity contribution in [1.29, 1.82) is 0 Å². The topological polar surface area (TPSA) is 77.2 Å². The van der Waals surface area contributed by atoms with Crippen LogP contribution in [0.4, 0.5) is 0 Å². The molecule has 1 N–H and O–H groups in total. The van der Waals surface area contributed by atoms with Crippen molar-refractivity contribution in [3.8, 4) is 17.1 Å². The first-order chi connectivity index (χ1) is 15.1. The van der Waals surface area contributed by atoms with E-state index in [0.29, 0.717) is 23.0 Å². The van der Waals surface area contributed by atoms with Crippen LogP contribution in [-0.4, -0.2) is 16.0 Å². The van der Waals surface area contributed by atoms with Gasteiger partial charge in [0.05, 0.1) is 11.6 Å². The number of carbonyl (C=O) groups excluding carboxylic acids is 1. The third kappa shape index (κ3) is 4.98. The summed E-state index contributed by atoms with van der Waals surface area (Å²) in [5.74, 6) is 1.08. The minimum atomic E-state index is -0.210. The number of carbonyl (C=O) groups is 1. The zero-order valence-corrected chi connectivity index (χ0v) is 17.4. The lowest BCUT2D eigenvalue weighted by molar-refractivity contribution is 0.0934. The Bertz CT molecular complexity index is 1150. The van der Waals surface area contributed by atoms with E-state index in [2.05, 4.69) is 15.5 Å². The Morgan fingerprint density at radius 2 is 1.71 bits per heavy atom. The van der Waals surface area contributed by atoms with E-state index in [1.54, 1.807) is 18.2 Å². The molecule has 0 fully saturated rings. The summed E-state index contributed by atoms with van der Waals surface area (Å²) in [5.41, 5.74) is 3.51. The second-order valence-corrected chi connectivity index (χ2v) is 7.27. The normalized spacial score (nSPS) is 11.7. The van der Waals surface area contributed by atoms with Gasteiger partial charge in [0.25, 0.3) is 11.8 Å². The molecule has 1 atom stereocenters. The van der Waals surface area contributed by atoms with Gasteiger partial charge in [0.15, 0.2) is 6.61 Å². The summed E-state index contributed by atoms with van der Waals surface area (Å²) < 4.78 is 11.1. The SMILES string of the molecule is Cc1ccc(-c2noc(COc3ccccc3C(=O)N[C@H](C)c3ccccc3)n2)cc1. The Hall–Kier alpha value is -3.93. The number of hydrogen-bond donors (Lipinski definition) is 1. The largest absolute Gasteiger partial charge is 0.483 e. The molecule has 0 saturated carbocycles. The van der Waals surface area contributed by atoms with E-state index in [9.17, 15) is 4.79 Å². The van der Waals surface area contributed by atoms with Gasteiger partial charge in [0, 0.05) is 5.56 Å². The maximum absolute atomic E-state index is 12.8. The van der Waals surface area contributed by atoms with E-state index < -0.39 is 0 Å². The highest BCUT2D eigenvalue weighted by Crippen LogP contribution is 2.22. The Labute approximate surface area is 180 Å². The summed E-state index contributed by atoms with van der Waals surface area (Å²) in [4.78, 5) is 17.2. The fraction of sp³-hybridized carbons (Fsp3) is 0.160. The predicted molar refractivity (Wildman–Crippen MR) is 118 cm³/mol. The van der Waals surface area contributed by atoms with Gasteiger partial charge < -0.3 is 14.6 Å². The van der Waals surface area contributed by atoms with Gasteiger partial charge in [0.2, 0.25) is 5.82 Å². The highest BCUT2D eigenvalue weighted by atomic mass is 16.5. The minimum absolute atomic E-state index is 0.0669. The highest BCUT2D eigenvalue weighted by molar-refractivity contribution is 5.97. The number of aromatic nitrogens is 2. The average Bonchev–Trinajstić information content (AvgIpc) is 3.28. The molecule has 0 spiro atoms. The number of aryl methyl sites for hydroxylation is 1. The van der Waals surface area contributed by atoms with Crippen molar-refractivity contribution in [2.75, 3.05) is 0 Å². The molecule has 4 aromatic rings. The maximum Gasteiger partial charge on any atom is 0.264 e. The second kappa shape index (κ2) is 9.26. The first-order valence-electron chi connectivity index (χ1n) is 10.1. The van der Waals surface area contributed by atoms with Crippen LogP contribution < -0.4 is 10.1 Å². The molecule has 6 nitrogen and oxygen atoms in total. The van der Waals surface area contributed by atoms with Crippen molar-refractivity contribution in [2.45, 2.75) is 26.5 Å². The van der Waals surface area contributed by atoms with E-state index in [4.69, 9.17) is 9.26 Å². The Morgan fingerprint density at radius 1 is 1.00 bits per heavy atom. The monoisotopic (exact) mass is 413 g/mol. The summed E-state index contributed by atoms with van der Waals surface area (Å²) in [6.45, 7) is 4.03. The Kier molecular flexibility index (Phi) is 6.08. The summed E-state index contributed by atoms with van der Waals surface area (Å²) >= 11 is 0. The number of nitrogens with zero attached hydrogens (tertiary/aromatic N) is 2. The van der Waals surface area contributed by atoms with Gasteiger partial charge in [-0.15, -0.1) is 0 Å². The summed E-state index contributed by atoms with van der Waals surface area (Å²) in [6, 6.07) is 24.6. The van der Waals surface area contributed by atoms with Gasteiger partial charge in [-0.1, -0.05) is 77.5 Å². The lowest BCUT2D eigenvalue weighted by Crippen LogP contribution is -2.27. The van der Waals surface area contributed by atoms with Gasteiger partial charge in [-0.25, -0.2) is 0 Å². The Balaban J connectivity index is 1.43. The van der Waals surface area contributed by atoms with Crippen LogP contribution in [-0.2, 0) is 6.61 Å². The summed E-state index contributed by atoms with van der Waals surface area (Å²) in [5, 5.41) is 7.02. The van der Waals surface area contributed by atoms with Crippen molar-refractivity contribution in [2.24, 2.45) is 0 Å². The maximum atomic E-state index is 12.8. The number of benzene rings is 3. The smallest absolute Gasteiger partial charge is 0.264 e. The highest BCUT2D eigenvalue weighted by Gasteiger charge is 2.16. The predicted octanol–water partition coefficient (Wildman–Crippen LogP) is 5.12. The molecule has 3 aromatic carbocycles. The number of hydrogen-bond acceptors (Lipinski definition) is 5. The van der Waals surface area contributed by atoms with Gasteiger partial charge in [-0.3, -0.25) is 4.79 Å². The van der Waals surface area contributed by atoms with Crippen LogP contribution >= 0.6 is 0 Å². The Morgan fingerprint density at radius 3 is 2.48 bits per heavy atom. The fourth-order valence-corrected chi connectivity index (χ4v) is 3.15. The molecule has 6 heteroatoms. The molecule has 0 unspecified atom stereocenters. The molecule has 0 saturated heterocycles. The number of ether oxygens (including phenoxy) is 1. The van der Waals surface area contributed by atoms with Crippen LogP contribution in [0.15, 0.2) is 83.4 Å². The van der Waals surface area contributed by atoms with Crippen LogP contribution in [0, 0.1) is 6.92 Å². The second-order valence-electron chi connectivity index (χ2n) is 7.27. The van der Waals surface area contributed by atoms with E-state index >= 15 is 0 Å². The van der Waals surface area contributed by atoms with Crippen LogP contribution in [0.25, 0.3) is 11.4 Å². The van der Waals surface area contributed by atoms with Crippen LogP contribution in [0.3, 0.4) is 0 Å². The molecule has 156 valence electrons. The number of para-hydroxylation sites is 1. The molecule has 31 heavy (non-hydrogen) atoms. The molecular weight excluding hydrogens is 390 g/mol. The van der Waals surface area contributed by atoms with E-state index in [1.165, 1.54) is 0 Å². The van der Waals surface area contributed by atoms with Crippen molar-refractivity contribution in [3.63, 3.8) is 0 Å². The first-order valence-corrected chi connectivity index (χ1v) is 10.1. The molecule has 1 amide bonds. The lowest BCUT2D eigenvalue weighted by atomic mass is 10.1. The van der Waals surface area contributed by atoms with Gasteiger partial charge in [-0.05, 0) is 31.5 Å². The molecule has 0 aliphatic carbocycles. The van der Waals surface area contributed by atoms with Gasteiger partial charge >= 0.3 is 0 Å². The van der Waals surface area contributed by atoms with Crippen molar-refractivity contribution in [1.82, 2.24) is 15.5 Å². The molecule has 0 bridgehead atoms. The third-order valence-corrected chi connectivity index (χ3v) is 4.91. The summed E-state index contributed by atoms with van der Waals surface area (Å²) in [7, 11) is 0. The molecule has 0 aliphatic heterocycles. The van der Waals surface area contributed by atoms with Crippen LogP contribution in [0.5, 0.6) is 5.75 Å². The van der Waals surface area contributed by atoms with Crippen molar-refractivity contribution in [3.05, 3.63) is 101 Å². The number of nitrogens with one attached hydrogen (secondary N) is 1. The fourth-order valence-electron chi connectivity index (χ4n) is 3.15. The van der Waals surface area contributed by atoms with E-state index in [0.717, 1.165) is 16.7 Å². The minimum Gasteiger partial charge on any atom is -0.483 e. The van der Waals surface area contributed by atoms with Crippen molar-refractivity contribution < 1.29 is 14.1 Å². The molecule has 0 radical (unpaired) electrons. The van der Waals surface area contributed by atoms with E-state index in [1.807, 2.05) is 74.5 Å². The molecule has 0 aliphatic rings. The van der Waals surface area contributed by atoms with Crippen LogP contribution in [0.2, 0.25) is 0 Å². The molecule has 4 rings (SSSR count). The molecule has 1 heterocycles. The quantitative estimate of drug-likeness (QED) is 0.455. The molecular formula is C25H23N3O3. The van der Waals surface area contributed by atoms with E-state index in [-0.39, 0.29) is 18.6 Å². The number of amides is 1. The molecule has 1 aromatic heterocycles. The van der Waals surface area contributed by atoms with Crippen molar-refractivity contribution >= 4 is 5.91 Å². The zero-order chi connectivity index (χ0) is 21.6. The standard InChI is InChI=1S/C25H23N3O3/c1-17-12-14-20(15-13-17)24-27-23(31-28-24)16-30-22-11-7-6-10-21(22)25(29)26-18(2)19-8-4-3-5-9-19/h3-15,18H,16H2,1-2H3,(H,26,29)/t18-/m1/s1. The number of rotatable bonds is 7. The first kappa shape index (κ1) is 20.3. The zero-order valence-electron chi connectivity index (χ0n) is 17.4. The van der Waals surface area contributed by atoms with Gasteiger partial charge in [0.1, 0.15) is 5.75 Å². The van der Waals surface area contributed by atoms with Crippen LogP contribution in [0.1, 0.15) is 40.3 Å². The third-order valence-electron chi connectivity index (χ3n) is 4.91. The van der Waals surface area contributed by atoms with Gasteiger partial charge in [-0.2, -0.15) is 4.98 Å². The lowest BCUT2D eigenvalue weighted by Gasteiger charge is -2.16.